The molecule has 4 atom stereocenters. The number of anilines is 2. The number of imidazole rings is 2. The van der Waals surface area contributed by atoms with Gasteiger partial charge >= 0.3 is 5.97 Å². The van der Waals surface area contributed by atoms with Gasteiger partial charge in [0, 0.05) is 42.8 Å². The summed E-state index contributed by atoms with van der Waals surface area (Å²) < 4.78 is 62.6. The van der Waals surface area contributed by atoms with Crippen molar-refractivity contribution in [2.24, 2.45) is 0 Å². The highest BCUT2D eigenvalue weighted by Crippen LogP contribution is 2.32. The molecule has 2 aliphatic heterocycles. The number of carbonyl (C=O) groups is 2. The normalized spacial score (nSPS) is 18.4. The molecule has 8 N–H and O–H groups in total. The van der Waals surface area contributed by atoms with Crippen molar-refractivity contribution in [1.29, 1.82) is 0 Å². The number of aryl methyl sites for hydroxylation is 2. The summed E-state index contributed by atoms with van der Waals surface area (Å²) in [5.41, 5.74) is 2.08. The number of hydrogen-bond donors (Lipinski definition) is 8. The molecular weight excluding hydrogens is 885 g/mol. The maximum Gasteiger partial charge on any atom is 0.329 e. The van der Waals surface area contributed by atoms with Crippen LogP contribution in [0.4, 0.5) is 29.5 Å². The van der Waals surface area contributed by atoms with Crippen LogP contribution in [0.25, 0.3) is 44.6 Å². The number of likely N-dealkylation sites (tertiary alicyclic amines) is 1. The number of piperidine rings is 2. The van der Waals surface area contributed by atoms with Crippen molar-refractivity contribution in [1.82, 2.24) is 49.3 Å². The zero-order chi connectivity index (χ0) is 48.9. The Labute approximate surface area is 382 Å². The van der Waals surface area contributed by atoms with E-state index in [4.69, 9.17) is 20.1 Å². The highest BCUT2D eigenvalue weighted by molar-refractivity contribution is 5.84. The minimum atomic E-state index is -1.19. The number of fused-ring (bicyclic) bond motifs is 2. The number of aliphatic hydroxyl groups is 4. The summed E-state index contributed by atoms with van der Waals surface area (Å²) >= 11 is 0. The SMILES string of the molecule is Cc1nc2c(F)cc(-c3nc(N[C@@H]4CCN(C(=O)CO)C[C@H]4O)ncc3F)cc2n1C(C)C.Cc1nc2c(F)cc(-c3nc(N[C@@H]4CCNC[C@H]4O)ncc3F)cc2n1C(C)C.O=C(O)CO. The first-order valence-corrected chi connectivity index (χ1v) is 21.5. The number of carboxylic acid groups (broad SMARTS) is 1. The number of aliphatic carboxylic acids is 1. The van der Waals surface area contributed by atoms with Gasteiger partial charge in [-0.1, -0.05) is 0 Å². The first-order valence-electron chi connectivity index (χ1n) is 21.5. The number of nitrogens with zero attached hydrogens (tertiary/aromatic N) is 9. The Hall–Kier alpha value is -6.40. The van der Waals surface area contributed by atoms with Gasteiger partial charge in [-0.3, -0.25) is 4.79 Å². The summed E-state index contributed by atoms with van der Waals surface area (Å²) in [7, 11) is 0. The van der Waals surface area contributed by atoms with Crippen LogP contribution in [0, 0.1) is 37.1 Å². The number of aliphatic hydroxyl groups excluding tert-OH is 4. The van der Waals surface area contributed by atoms with E-state index in [1.54, 1.807) is 19.1 Å². The number of rotatable bonds is 10. The molecule has 0 saturated carbocycles. The monoisotopic (exact) mass is 938 g/mol. The molecule has 6 aromatic rings. The number of halogens is 4. The molecule has 19 nitrogen and oxygen atoms in total. The lowest BCUT2D eigenvalue weighted by Gasteiger charge is -2.36. The third kappa shape index (κ3) is 11.4. The van der Waals surface area contributed by atoms with Crippen LogP contribution >= 0.6 is 0 Å². The Morgan fingerprint density at radius 1 is 0.716 bits per heavy atom. The second-order valence-electron chi connectivity index (χ2n) is 16.6. The predicted molar refractivity (Wildman–Crippen MR) is 239 cm³/mol. The van der Waals surface area contributed by atoms with E-state index in [0.717, 1.165) is 18.9 Å². The maximum absolute atomic E-state index is 14.8. The standard InChI is InChI=1S/C22H26F2N6O3.C20H24F2N6O.C2H4O3/c1-11(2)30-12(3)26-21-14(23)6-13(7-17(21)30)20-15(24)8-25-22(28-20)27-16-4-5-29(9-18(16)32)19(33)10-31;1-10(2)28-11(3)25-19-13(21)6-12(7-16(19)28)18-14(22)8-24-20(27-18)26-15-4-5-23-9-17(15)29;3-1-2(4)5/h6-8,11,16,18,31-32H,4-5,9-10H2,1-3H3,(H,25,27,28);6-8,10,15,17,23,29H,4-5,9H2,1-3H3,(H,24,26,27);3H,1H2,(H,4,5)/t16-,18-;15-,17-;/m11./s1. The van der Waals surface area contributed by atoms with Gasteiger partial charge < -0.3 is 55.5 Å². The molecule has 23 heteroatoms. The highest BCUT2D eigenvalue weighted by Gasteiger charge is 2.31. The first kappa shape index (κ1) is 50.0. The Morgan fingerprint density at radius 3 is 1.58 bits per heavy atom. The van der Waals surface area contributed by atoms with Crippen LogP contribution in [0.15, 0.2) is 36.7 Å². The molecule has 0 aliphatic carbocycles. The van der Waals surface area contributed by atoms with E-state index < -0.39 is 66.6 Å². The Morgan fingerprint density at radius 2 is 1.18 bits per heavy atom. The lowest BCUT2D eigenvalue weighted by Crippen LogP contribution is -2.52. The molecule has 0 unspecified atom stereocenters. The molecule has 0 bridgehead atoms. The van der Waals surface area contributed by atoms with Crippen molar-refractivity contribution in [3.05, 3.63) is 71.6 Å². The second kappa shape index (κ2) is 21.5. The molecule has 0 spiro atoms. The van der Waals surface area contributed by atoms with Gasteiger partial charge in [0.25, 0.3) is 0 Å². The number of carbonyl (C=O) groups excluding carboxylic acids is 1. The van der Waals surface area contributed by atoms with Gasteiger partial charge in [-0.25, -0.2) is 52.3 Å². The van der Waals surface area contributed by atoms with E-state index in [0.29, 0.717) is 54.2 Å². The van der Waals surface area contributed by atoms with E-state index in [2.05, 4.69) is 45.9 Å². The molecule has 1 amide bonds. The molecular formula is C44H54F4N12O7. The van der Waals surface area contributed by atoms with E-state index in [1.165, 1.54) is 17.0 Å². The van der Waals surface area contributed by atoms with E-state index in [9.17, 15) is 32.6 Å². The fraction of sp³-hybridized carbons (Fsp3) is 0.455. The van der Waals surface area contributed by atoms with E-state index in [1.807, 2.05) is 43.8 Å². The van der Waals surface area contributed by atoms with Crippen molar-refractivity contribution < 1.29 is 52.7 Å². The minimum Gasteiger partial charge on any atom is -0.480 e. The smallest absolute Gasteiger partial charge is 0.329 e. The van der Waals surface area contributed by atoms with Crippen LogP contribution in [-0.4, -0.2) is 145 Å². The summed E-state index contributed by atoms with van der Waals surface area (Å²) in [5.74, 6) is -2.49. The number of nitrogens with one attached hydrogen (secondary N) is 3. The third-order valence-electron chi connectivity index (χ3n) is 11.2. The van der Waals surface area contributed by atoms with Gasteiger partial charge in [0.2, 0.25) is 17.8 Å². The lowest BCUT2D eigenvalue weighted by atomic mass is 10.0. The molecule has 4 aromatic heterocycles. The highest BCUT2D eigenvalue weighted by atomic mass is 19.1. The quantitative estimate of drug-likeness (QED) is 0.0907. The maximum atomic E-state index is 14.8. The Bertz CT molecular complexity index is 2740. The number of aromatic nitrogens is 8. The predicted octanol–water partition coefficient (Wildman–Crippen LogP) is 3.89. The van der Waals surface area contributed by atoms with Gasteiger partial charge in [-0.15, -0.1) is 0 Å². The third-order valence-corrected chi connectivity index (χ3v) is 11.2. The number of benzene rings is 2. The topological polar surface area (TPSA) is 262 Å². The first-order chi connectivity index (χ1) is 31.8. The van der Waals surface area contributed by atoms with Gasteiger partial charge in [-0.05, 0) is 85.2 Å². The van der Waals surface area contributed by atoms with Crippen LogP contribution in [0.1, 0.15) is 64.3 Å². The van der Waals surface area contributed by atoms with Crippen molar-refractivity contribution >= 4 is 45.8 Å². The molecule has 2 aromatic carbocycles. The summed E-state index contributed by atoms with van der Waals surface area (Å²) in [4.78, 5) is 47.2. The van der Waals surface area contributed by atoms with Crippen LogP contribution < -0.4 is 16.0 Å². The van der Waals surface area contributed by atoms with Gasteiger partial charge in [-0.2, -0.15) is 0 Å². The van der Waals surface area contributed by atoms with Crippen LogP contribution in [0.3, 0.4) is 0 Å². The zero-order valence-electron chi connectivity index (χ0n) is 37.7. The second-order valence-corrected chi connectivity index (χ2v) is 16.6. The fourth-order valence-corrected chi connectivity index (χ4v) is 8.16. The summed E-state index contributed by atoms with van der Waals surface area (Å²) in [6, 6.07) is 5.19. The Balaban J connectivity index is 0.000000202. The average Bonchev–Trinajstić information content (AvgIpc) is 3.82. The van der Waals surface area contributed by atoms with E-state index in [-0.39, 0.29) is 64.6 Å². The van der Waals surface area contributed by atoms with Crippen LogP contribution in [0.5, 0.6) is 0 Å². The molecule has 360 valence electrons. The molecule has 0 radical (unpaired) electrons. The van der Waals surface area contributed by atoms with Crippen molar-refractivity contribution in [3.8, 4) is 22.5 Å². The fourth-order valence-electron chi connectivity index (χ4n) is 8.16. The summed E-state index contributed by atoms with van der Waals surface area (Å²) in [6.45, 7) is 11.7. The molecule has 67 heavy (non-hydrogen) atoms. The average molecular weight is 939 g/mol. The zero-order valence-corrected chi connectivity index (χ0v) is 37.7. The molecule has 2 aliphatic rings. The largest absolute Gasteiger partial charge is 0.480 e. The van der Waals surface area contributed by atoms with Crippen LogP contribution in [0.2, 0.25) is 0 Å². The van der Waals surface area contributed by atoms with E-state index >= 15 is 0 Å². The molecule has 2 fully saturated rings. The Kier molecular flexibility index (Phi) is 16.0. The number of amides is 1. The van der Waals surface area contributed by atoms with Crippen LogP contribution in [-0.2, 0) is 9.59 Å². The minimum absolute atomic E-state index is 0.000818. The number of carboxylic acids is 1. The molecule has 8 rings (SSSR count). The number of hydrogen-bond acceptors (Lipinski definition) is 15. The van der Waals surface area contributed by atoms with Gasteiger partial charge in [0.15, 0.2) is 23.3 Å². The molecule has 2 saturated heterocycles. The number of β-amino-alcohol motifs (C(OH)–C–C–N with tert-alkyl or cyclic N) is 2. The summed E-state index contributed by atoms with van der Waals surface area (Å²) in [5, 5.41) is 53.6. The van der Waals surface area contributed by atoms with Gasteiger partial charge in [0.1, 0.15) is 47.3 Å². The summed E-state index contributed by atoms with van der Waals surface area (Å²) in [6.07, 6.45) is 1.60. The van der Waals surface area contributed by atoms with Crippen molar-refractivity contribution in [3.63, 3.8) is 0 Å². The van der Waals surface area contributed by atoms with Crippen molar-refractivity contribution in [2.45, 2.75) is 90.8 Å². The lowest BCUT2D eigenvalue weighted by molar-refractivity contribution is -0.140. The van der Waals surface area contributed by atoms with Crippen molar-refractivity contribution in [2.75, 3.05) is 50.0 Å². The van der Waals surface area contributed by atoms with Gasteiger partial charge in [0.05, 0.1) is 47.7 Å². The molecule has 6 heterocycles.